The van der Waals surface area contributed by atoms with E-state index in [1.54, 1.807) is 0 Å². The molecule has 5 nitrogen and oxygen atoms in total. The molecule has 0 aliphatic heterocycles. The van der Waals surface area contributed by atoms with Crippen molar-refractivity contribution in [1.29, 1.82) is 0 Å². The fourth-order valence-electron chi connectivity index (χ4n) is 1.46. The molecule has 0 rings (SSSR count). The van der Waals surface area contributed by atoms with Gasteiger partial charge in [-0.05, 0) is 47.5 Å². The number of hydrogen-bond acceptors (Lipinski definition) is 4. The second-order valence-electron chi connectivity index (χ2n) is 5.09. The molecule has 0 unspecified atom stereocenters. The molecule has 2 N–H and O–H groups in total. The molecule has 6 heteroatoms. The van der Waals surface area contributed by atoms with Crippen LogP contribution in [-0.4, -0.2) is 58.8 Å². The maximum Gasteiger partial charge on any atom is 0.209 e. The van der Waals surface area contributed by atoms with Gasteiger partial charge in [0.2, 0.25) is 10.0 Å². The van der Waals surface area contributed by atoms with Gasteiger partial charge in [-0.3, -0.25) is 0 Å². The summed E-state index contributed by atoms with van der Waals surface area (Å²) >= 11 is 0. The zero-order valence-electron chi connectivity index (χ0n) is 11.0. The van der Waals surface area contributed by atoms with E-state index in [9.17, 15) is 8.42 Å². The van der Waals surface area contributed by atoms with Crippen LogP contribution in [0, 0.1) is 0 Å². The molecule has 0 fully saturated rings. The molecule has 0 heterocycles. The first-order chi connectivity index (χ1) is 7.12. The van der Waals surface area contributed by atoms with E-state index in [-0.39, 0.29) is 0 Å². The average Bonchev–Trinajstić information content (AvgIpc) is 1.97. The van der Waals surface area contributed by atoms with E-state index in [1.807, 2.05) is 27.9 Å². The topological polar surface area (TPSA) is 61.4 Å². The number of hydrogen-bond donors (Lipinski definition) is 2. The molecular weight excluding hydrogens is 226 g/mol. The molecular formula is C10H25N3O2S. The molecule has 0 atom stereocenters. The standard InChI is InChI=1S/C10H25N3O2S/c1-10(2,12-16(5,14)15)9-11-7-6-8-13(3)4/h11-12H,6-9H2,1-5H3. The van der Waals surface area contributed by atoms with E-state index in [2.05, 4.69) is 14.9 Å². The van der Waals surface area contributed by atoms with E-state index in [1.165, 1.54) is 6.26 Å². The predicted octanol–water partition coefficient (Wildman–Crippen LogP) is -0.144. The van der Waals surface area contributed by atoms with Crippen LogP contribution in [0.1, 0.15) is 20.3 Å². The summed E-state index contributed by atoms with van der Waals surface area (Å²) in [6.07, 6.45) is 2.24. The van der Waals surface area contributed by atoms with E-state index < -0.39 is 15.6 Å². The zero-order valence-corrected chi connectivity index (χ0v) is 11.8. The summed E-state index contributed by atoms with van der Waals surface area (Å²) in [5.41, 5.74) is -0.439. The fraction of sp³-hybridized carbons (Fsp3) is 1.00. The third kappa shape index (κ3) is 10.4. The lowest BCUT2D eigenvalue weighted by Gasteiger charge is -2.25. The quantitative estimate of drug-likeness (QED) is 0.589. The molecule has 98 valence electrons. The van der Waals surface area contributed by atoms with Crippen LogP contribution in [-0.2, 0) is 10.0 Å². The zero-order chi connectivity index (χ0) is 12.8. The number of nitrogens with one attached hydrogen (secondary N) is 2. The molecule has 16 heavy (non-hydrogen) atoms. The number of rotatable bonds is 8. The van der Waals surface area contributed by atoms with Gasteiger partial charge < -0.3 is 10.2 Å². The lowest BCUT2D eigenvalue weighted by molar-refractivity contribution is 0.378. The lowest BCUT2D eigenvalue weighted by Crippen LogP contribution is -2.50. The van der Waals surface area contributed by atoms with Crippen LogP contribution in [0.4, 0.5) is 0 Å². The van der Waals surface area contributed by atoms with Gasteiger partial charge in [0.15, 0.2) is 0 Å². The molecule has 0 saturated carbocycles. The van der Waals surface area contributed by atoms with Crippen LogP contribution in [0.5, 0.6) is 0 Å². The molecule has 0 aliphatic carbocycles. The summed E-state index contributed by atoms with van der Waals surface area (Å²) in [6, 6.07) is 0. The maximum absolute atomic E-state index is 11.1. The summed E-state index contributed by atoms with van der Waals surface area (Å²) in [4.78, 5) is 2.13. The first-order valence-corrected chi connectivity index (χ1v) is 7.36. The van der Waals surface area contributed by atoms with Crippen LogP contribution < -0.4 is 10.0 Å². The Morgan fingerprint density at radius 2 is 1.81 bits per heavy atom. The molecule has 0 radical (unpaired) electrons. The van der Waals surface area contributed by atoms with Crippen molar-refractivity contribution in [2.45, 2.75) is 25.8 Å². The largest absolute Gasteiger partial charge is 0.315 e. The van der Waals surface area contributed by atoms with Gasteiger partial charge >= 0.3 is 0 Å². The van der Waals surface area contributed by atoms with Crippen LogP contribution in [0.2, 0.25) is 0 Å². The Labute approximate surface area is 99.6 Å². The van der Waals surface area contributed by atoms with Gasteiger partial charge in [-0.1, -0.05) is 0 Å². The van der Waals surface area contributed by atoms with Crippen molar-refractivity contribution < 1.29 is 8.42 Å². The average molecular weight is 251 g/mol. The van der Waals surface area contributed by atoms with Crippen molar-refractivity contribution >= 4 is 10.0 Å². The highest BCUT2D eigenvalue weighted by Gasteiger charge is 2.21. The number of nitrogens with zero attached hydrogens (tertiary/aromatic N) is 1. The first kappa shape index (κ1) is 15.8. The Bertz CT molecular complexity index is 286. The van der Waals surface area contributed by atoms with Gasteiger partial charge in [0.25, 0.3) is 0 Å². The minimum Gasteiger partial charge on any atom is -0.315 e. The molecule has 0 bridgehead atoms. The SMILES string of the molecule is CN(C)CCCNCC(C)(C)NS(C)(=O)=O. The molecule has 0 aromatic rings. The molecule has 0 aromatic carbocycles. The van der Waals surface area contributed by atoms with Gasteiger partial charge in [0.05, 0.1) is 6.26 Å². The van der Waals surface area contributed by atoms with Crippen LogP contribution in [0.25, 0.3) is 0 Å². The minimum atomic E-state index is -3.14. The Kier molecular flexibility index (Phi) is 6.47. The maximum atomic E-state index is 11.1. The molecule has 0 aromatic heterocycles. The second kappa shape index (κ2) is 6.54. The Hall–Kier alpha value is -0.170. The van der Waals surface area contributed by atoms with Gasteiger partial charge in [0.1, 0.15) is 0 Å². The first-order valence-electron chi connectivity index (χ1n) is 5.47. The lowest BCUT2D eigenvalue weighted by atomic mass is 10.1. The third-order valence-electron chi connectivity index (χ3n) is 1.99. The molecule has 0 aliphatic rings. The fourth-order valence-corrected chi connectivity index (χ4v) is 2.54. The van der Waals surface area contributed by atoms with Crippen molar-refractivity contribution in [2.75, 3.05) is 40.0 Å². The van der Waals surface area contributed by atoms with Crippen LogP contribution in [0.15, 0.2) is 0 Å². The highest BCUT2D eigenvalue weighted by atomic mass is 32.2. The monoisotopic (exact) mass is 251 g/mol. The summed E-state index contributed by atoms with van der Waals surface area (Å²) in [6.45, 7) is 6.30. The van der Waals surface area contributed by atoms with Crippen molar-refractivity contribution in [3.8, 4) is 0 Å². The normalized spacial score (nSPS) is 13.4. The summed E-state index contributed by atoms with van der Waals surface area (Å²) in [5.74, 6) is 0. The third-order valence-corrected chi connectivity index (χ3v) is 2.91. The van der Waals surface area contributed by atoms with Crippen LogP contribution >= 0.6 is 0 Å². The smallest absolute Gasteiger partial charge is 0.209 e. The molecule has 0 amide bonds. The Morgan fingerprint density at radius 1 is 1.25 bits per heavy atom. The second-order valence-corrected chi connectivity index (χ2v) is 6.84. The van der Waals surface area contributed by atoms with Gasteiger partial charge in [-0.2, -0.15) is 0 Å². The highest BCUT2D eigenvalue weighted by molar-refractivity contribution is 7.88. The predicted molar refractivity (Wildman–Crippen MR) is 68.1 cm³/mol. The Morgan fingerprint density at radius 3 is 2.25 bits per heavy atom. The molecule has 0 spiro atoms. The van der Waals surface area contributed by atoms with Crippen molar-refractivity contribution in [3.63, 3.8) is 0 Å². The minimum absolute atomic E-state index is 0.439. The van der Waals surface area contributed by atoms with Gasteiger partial charge in [-0.15, -0.1) is 0 Å². The summed E-state index contributed by atoms with van der Waals surface area (Å²) in [7, 11) is 0.938. The summed E-state index contributed by atoms with van der Waals surface area (Å²) < 4.78 is 24.8. The van der Waals surface area contributed by atoms with Crippen molar-refractivity contribution in [1.82, 2.24) is 14.9 Å². The summed E-state index contributed by atoms with van der Waals surface area (Å²) in [5, 5.41) is 3.25. The van der Waals surface area contributed by atoms with E-state index in [4.69, 9.17) is 0 Å². The molecule has 0 saturated heterocycles. The van der Waals surface area contributed by atoms with E-state index in [0.29, 0.717) is 6.54 Å². The van der Waals surface area contributed by atoms with Crippen molar-refractivity contribution in [3.05, 3.63) is 0 Å². The number of sulfonamides is 1. The van der Waals surface area contributed by atoms with Crippen molar-refractivity contribution in [2.24, 2.45) is 0 Å². The van der Waals surface area contributed by atoms with E-state index in [0.717, 1.165) is 19.5 Å². The Balaban J connectivity index is 3.75. The van der Waals surface area contributed by atoms with E-state index >= 15 is 0 Å². The van der Waals surface area contributed by atoms with Crippen LogP contribution in [0.3, 0.4) is 0 Å². The van der Waals surface area contributed by atoms with Gasteiger partial charge in [-0.25, -0.2) is 13.1 Å². The highest BCUT2D eigenvalue weighted by Crippen LogP contribution is 2.01. The van der Waals surface area contributed by atoms with Gasteiger partial charge in [0, 0.05) is 12.1 Å².